The Morgan fingerprint density at radius 1 is 1.29 bits per heavy atom. The maximum absolute atomic E-state index is 13.8. The molecular formula is C14H13F4N5O. The molecule has 1 aliphatic heterocycles. The molecule has 1 aliphatic rings. The van der Waals surface area contributed by atoms with E-state index in [9.17, 15) is 22.4 Å². The van der Waals surface area contributed by atoms with E-state index in [1.54, 1.807) is 0 Å². The SMILES string of the molecule is O=C(NCc1nnc2n1CCC2)Nc1cccc(C(F)(F)F)c1F. The van der Waals surface area contributed by atoms with Gasteiger partial charge in [0.05, 0.1) is 17.8 Å². The van der Waals surface area contributed by atoms with Gasteiger partial charge >= 0.3 is 12.2 Å². The predicted molar refractivity (Wildman–Crippen MR) is 75.6 cm³/mol. The highest BCUT2D eigenvalue weighted by molar-refractivity contribution is 5.89. The zero-order valence-corrected chi connectivity index (χ0v) is 12.3. The zero-order chi connectivity index (χ0) is 17.3. The number of nitrogens with one attached hydrogen (secondary N) is 2. The van der Waals surface area contributed by atoms with Gasteiger partial charge in [-0.05, 0) is 18.6 Å². The monoisotopic (exact) mass is 343 g/mol. The number of carbonyl (C=O) groups is 1. The molecule has 0 aliphatic carbocycles. The molecule has 10 heteroatoms. The van der Waals surface area contributed by atoms with E-state index in [1.807, 2.05) is 4.57 Å². The minimum absolute atomic E-state index is 0.0411. The first-order valence-electron chi connectivity index (χ1n) is 7.18. The number of benzene rings is 1. The van der Waals surface area contributed by atoms with Crippen LogP contribution in [-0.4, -0.2) is 20.8 Å². The molecule has 0 radical (unpaired) electrons. The van der Waals surface area contributed by atoms with Crippen molar-refractivity contribution < 1.29 is 22.4 Å². The normalized spacial score (nSPS) is 13.7. The lowest BCUT2D eigenvalue weighted by Crippen LogP contribution is -2.30. The molecule has 2 N–H and O–H groups in total. The first kappa shape index (κ1) is 16.2. The number of carbonyl (C=O) groups excluding carboxylic acids is 1. The molecule has 6 nitrogen and oxygen atoms in total. The second-order valence-electron chi connectivity index (χ2n) is 5.26. The van der Waals surface area contributed by atoms with Crippen molar-refractivity contribution in [2.45, 2.75) is 32.1 Å². The van der Waals surface area contributed by atoms with Gasteiger partial charge in [-0.3, -0.25) is 0 Å². The smallest absolute Gasteiger partial charge is 0.331 e. The third-order valence-corrected chi connectivity index (χ3v) is 3.65. The first-order chi connectivity index (χ1) is 11.4. The Kier molecular flexibility index (Phi) is 4.12. The molecule has 128 valence electrons. The number of halogens is 4. The van der Waals surface area contributed by atoms with Crippen LogP contribution in [0.5, 0.6) is 0 Å². The molecule has 0 bridgehead atoms. The molecular weight excluding hydrogens is 330 g/mol. The fourth-order valence-corrected chi connectivity index (χ4v) is 2.51. The highest BCUT2D eigenvalue weighted by Gasteiger charge is 2.35. The number of hydrogen-bond donors (Lipinski definition) is 2. The van der Waals surface area contributed by atoms with Crippen LogP contribution >= 0.6 is 0 Å². The lowest BCUT2D eigenvalue weighted by Gasteiger charge is -2.12. The maximum Gasteiger partial charge on any atom is 0.419 e. The number of fused-ring (bicyclic) bond motifs is 1. The van der Waals surface area contributed by atoms with Crippen molar-refractivity contribution in [3.8, 4) is 0 Å². The van der Waals surface area contributed by atoms with Crippen molar-refractivity contribution in [2.24, 2.45) is 0 Å². The fourth-order valence-electron chi connectivity index (χ4n) is 2.51. The highest BCUT2D eigenvalue weighted by Crippen LogP contribution is 2.33. The largest absolute Gasteiger partial charge is 0.419 e. The van der Waals surface area contributed by atoms with Crippen molar-refractivity contribution in [1.82, 2.24) is 20.1 Å². The molecule has 0 unspecified atom stereocenters. The van der Waals surface area contributed by atoms with E-state index in [4.69, 9.17) is 0 Å². The topological polar surface area (TPSA) is 71.8 Å². The number of alkyl halides is 3. The quantitative estimate of drug-likeness (QED) is 0.842. The molecule has 1 aromatic heterocycles. The number of rotatable bonds is 3. The van der Waals surface area contributed by atoms with Gasteiger partial charge in [-0.25, -0.2) is 9.18 Å². The highest BCUT2D eigenvalue weighted by atomic mass is 19.4. The standard InChI is InChI=1S/C14H13F4N5O/c15-12-8(14(16,17)18)3-1-4-9(12)20-13(24)19-7-11-22-21-10-5-2-6-23(10)11/h1,3-4H,2,5-7H2,(H2,19,20,24). The molecule has 1 aromatic carbocycles. The number of aromatic nitrogens is 3. The van der Waals surface area contributed by atoms with E-state index in [0.717, 1.165) is 37.3 Å². The van der Waals surface area contributed by atoms with Crippen molar-refractivity contribution in [3.63, 3.8) is 0 Å². The third kappa shape index (κ3) is 3.17. The summed E-state index contributed by atoms with van der Waals surface area (Å²) in [5.74, 6) is -0.151. The number of hydrogen-bond acceptors (Lipinski definition) is 3. The lowest BCUT2D eigenvalue weighted by molar-refractivity contribution is -0.139. The van der Waals surface area contributed by atoms with Crippen LogP contribution in [0.2, 0.25) is 0 Å². The van der Waals surface area contributed by atoms with Gasteiger partial charge in [0.2, 0.25) is 0 Å². The molecule has 2 aromatic rings. The summed E-state index contributed by atoms with van der Waals surface area (Å²) >= 11 is 0. The summed E-state index contributed by atoms with van der Waals surface area (Å²) in [6.45, 7) is 0.794. The van der Waals surface area contributed by atoms with Gasteiger partial charge in [-0.15, -0.1) is 10.2 Å². The van der Waals surface area contributed by atoms with Crippen molar-refractivity contribution in [3.05, 3.63) is 41.2 Å². The predicted octanol–water partition coefficient (Wildman–Crippen LogP) is 2.70. The van der Waals surface area contributed by atoms with Crippen LogP contribution < -0.4 is 10.6 Å². The van der Waals surface area contributed by atoms with Gasteiger partial charge in [0.15, 0.2) is 11.6 Å². The molecule has 0 spiro atoms. The van der Waals surface area contributed by atoms with Crippen LogP contribution in [0.25, 0.3) is 0 Å². The first-order valence-corrected chi connectivity index (χ1v) is 7.18. The number of aryl methyl sites for hydroxylation is 1. The summed E-state index contributed by atoms with van der Waals surface area (Å²) in [5, 5.41) is 12.4. The zero-order valence-electron chi connectivity index (χ0n) is 12.3. The summed E-state index contributed by atoms with van der Waals surface area (Å²) < 4.78 is 53.6. The van der Waals surface area contributed by atoms with Crippen LogP contribution in [0.1, 0.15) is 23.6 Å². The number of anilines is 1. The van der Waals surface area contributed by atoms with E-state index in [-0.39, 0.29) is 6.54 Å². The molecule has 0 fully saturated rings. The Bertz CT molecular complexity index is 771. The summed E-state index contributed by atoms with van der Waals surface area (Å²) in [6.07, 6.45) is -3.07. The third-order valence-electron chi connectivity index (χ3n) is 3.65. The summed E-state index contributed by atoms with van der Waals surface area (Å²) in [4.78, 5) is 11.8. The summed E-state index contributed by atoms with van der Waals surface area (Å²) in [5.41, 5.74) is -1.98. The van der Waals surface area contributed by atoms with Crippen LogP contribution in [0.4, 0.5) is 28.0 Å². The molecule has 3 rings (SSSR count). The summed E-state index contributed by atoms with van der Waals surface area (Å²) in [7, 11) is 0. The second kappa shape index (κ2) is 6.10. The number of nitrogens with zero attached hydrogens (tertiary/aromatic N) is 3. The van der Waals surface area contributed by atoms with Crippen LogP contribution in [0.15, 0.2) is 18.2 Å². The Labute approximate surface area is 133 Å². The second-order valence-corrected chi connectivity index (χ2v) is 5.26. The molecule has 0 saturated heterocycles. The van der Waals surface area contributed by atoms with E-state index in [2.05, 4.69) is 20.8 Å². The van der Waals surface area contributed by atoms with Crippen molar-refractivity contribution >= 4 is 11.7 Å². The molecule has 2 heterocycles. The van der Waals surface area contributed by atoms with Crippen LogP contribution in [-0.2, 0) is 25.7 Å². The van der Waals surface area contributed by atoms with Gasteiger partial charge < -0.3 is 15.2 Å². The Hall–Kier alpha value is -2.65. The van der Waals surface area contributed by atoms with Crippen LogP contribution in [0, 0.1) is 5.82 Å². The van der Waals surface area contributed by atoms with Crippen molar-refractivity contribution in [2.75, 3.05) is 5.32 Å². The number of amides is 2. The van der Waals surface area contributed by atoms with Gasteiger partial charge in [-0.1, -0.05) is 6.07 Å². The maximum atomic E-state index is 13.8. The lowest BCUT2D eigenvalue weighted by atomic mass is 10.2. The minimum atomic E-state index is -4.83. The average Bonchev–Trinajstić information content (AvgIpc) is 3.09. The molecule has 24 heavy (non-hydrogen) atoms. The Morgan fingerprint density at radius 2 is 2.08 bits per heavy atom. The average molecular weight is 343 g/mol. The van der Waals surface area contributed by atoms with Crippen molar-refractivity contribution in [1.29, 1.82) is 0 Å². The van der Waals surface area contributed by atoms with Gasteiger partial charge in [-0.2, -0.15) is 13.2 Å². The van der Waals surface area contributed by atoms with Gasteiger partial charge in [0, 0.05) is 13.0 Å². The Balaban J connectivity index is 1.65. The minimum Gasteiger partial charge on any atom is -0.331 e. The van der Waals surface area contributed by atoms with Crippen LogP contribution in [0.3, 0.4) is 0 Å². The van der Waals surface area contributed by atoms with E-state index < -0.39 is 29.3 Å². The molecule has 0 atom stereocenters. The van der Waals surface area contributed by atoms with E-state index in [0.29, 0.717) is 11.9 Å². The molecule has 0 saturated carbocycles. The molecule has 2 amide bonds. The summed E-state index contributed by atoms with van der Waals surface area (Å²) in [6, 6.07) is 1.85. The van der Waals surface area contributed by atoms with E-state index in [1.165, 1.54) is 0 Å². The fraction of sp³-hybridized carbons (Fsp3) is 0.357. The number of urea groups is 1. The van der Waals surface area contributed by atoms with Gasteiger partial charge in [0.1, 0.15) is 5.82 Å². The van der Waals surface area contributed by atoms with E-state index >= 15 is 0 Å². The Morgan fingerprint density at radius 3 is 2.83 bits per heavy atom. The van der Waals surface area contributed by atoms with Gasteiger partial charge in [0.25, 0.3) is 0 Å².